The molecule has 46 heavy (non-hydrogen) atoms. The van der Waals surface area contributed by atoms with Gasteiger partial charge < -0.3 is 18.8 Å². The van der Waals surface area contributed by atoms with Gasteiger partial charge in [0.15, 0.2) is 11.0 Å². The van der Waals surface area contributed by atoms with E-state index in [0.717, 1.165) is 29.5 Å². The molecular formula is C35H48N4O6S. The number of nitrogens with zero attached hydrogens (tertiary/aromatic N) is 4. The van der Waals surface area contributed by atoms with Crippen LogP contribution in [-0.2, 0) is 37.5 Å². The fourth-order valence-electron chi connectivity index (χ4n) is 4.78. The molecule has 0 N–H and O–H groups in total. The van der Waals surface area contributed by atoms with Crippen LogP contribution in [0, 0.1) is 17.3 Å². The monoisotopic (exact) mass is 652 g/mol. The van der Waals surface area contributed by atoms with Crippen molar-refractivity contribution in [3.8, 4) is 0 Å². The maximum absolute atomic E-state index is 12.4. The van der Waals surface area contributed by atoms with E-state index in [-0.39, 0.29) is 53.0 Å². The minimum Gasteiger partial charge on any atom is -0.469 e. The van der Waals surface area contributed by atoms with Crippen LogP contribution in [0.5, 0.6) is 0 Å². The molecule has 1 fully saturated rings. The Labute approximate surface area is 276 Å². The quantitative estimate of drug-likeness (QED) is 0.131. The van der Waals surface area contributed by atoms with Crippen LogP contribution in [0.25, 0.3) is 0 Å². The van der Waals surface area contributed by atoms with E-state index in [2.05, 4.69) is 56.0 Å². The zero-order valence-corrected chi connectivity index (χ0v) is 29.6. The Balaban J connectivity index is 0.000000255. The number of furan rings is 1. The van der Waals surface area contributed by atoms with Crippen molar-refractivity contribution in [2.24, 2.45) is 17.3 Å². The van der Waals surface area contributed by atoms with Crippen LogP contribution >= 0.6 is 11.8 Å². The van der Waals surface area contributed by atoms with Crippen molar-refractivity contribution in [1.82, 2.24) is 19.7 Å². The van der Waals surface area contributed by atoms with Gasteiger partial charge >= 0.3 is 18.0 Å². The molecule has 1 saturated carbocycles. The number of benzene rings is 1. The first-order chi connectivity index (χ1) is 21.5. The largest absolute Gasteiger partial charge is 0.469 e. The molecule has 0 spiro atoms. The standard InChI is InChI=1S/C22H26O3.C13H22N4O3S/c1-15(2)10-19-20(22(19,3)4)21(23)25-14-17-12-18(24-13-17)11-16-8-6-5-7-9-16;1-7-20-9(18)8-21-11-14-10(13(2,3)4)15-17(11)12(19)16(5)6/h5-10,12-13,19-20H,11,14H2,1-4H3;7-8H2,1-6H3/t19-,20+;/m1./s1. The second kappa shape index (κ2) is 15.6. The molecule has 3 aromatic rings. The third kappa shape index (κ3) is 10.1. The van der Waals surface area contributed by atoms with Crippen molar-refractivity contribution in [2.75, 3.05) is 26.5 Å². The molecule has 1 aromatic carbocycles. The zero-order valence-electron chi connectivity index (χ0n) is 28.7. The maximum Gasteiger partial charge on any atom is 0.346 e. The van der Waals surface area contributed by atoms with Crippen LogP contribution in [0.1, 0.15) is 78.1 Å². The molecular weight excluding hydrogens is 604 g/mol. The summed E-state index contributed by atoms with van der Waals surface area (Å²) in [5, 5.41) is 4.66. The highest BCUT2D eigenvalue weighted by atomic mass is 32.2. The number of carbonyl (C=O) groups excluding carboxylic acids is 3. The number of esters is 2. The first-order valence-corrected chi connectivity index (χ1v) is 16.4. The summed E-state index contributed by atoms with van der Waals surface area (Å²) in [6, 6.07) is 11.8. The Morgan fingerprint density at radius 3 is 2.35 bits per heavy atom. The van der Waals surface area contributed by atoms with Crippen LogP contribution < -0.4 is 0 Å². The highest BCUT2D eigenvalue weighted by Crippen LogP contribution is 2.59. The number of hydrogen-bond acceptors (Lipinski definition) is 9. The van der Waals surface area contributed by atoms with Crippen LogP contribution in [0.15, 0.2) is 63.9 Å². The smallest absolute Gasteiger partial charge is 0.346 e. The van der Waals surface area contributed by atoms with Crippen molar-refractivity contribution < 1.29 is 28.3 Å². The highest BCUT2D eigenvalue weighted by molar-refractivity contribution is 7.99. The molecule has 0 aliphatic heterocycles. The molecule has 1 amide bonds. The molecule has 2 heterocycles. The van der Waals surface area contributed by atoms with Crippen LogP contribution in [0.4, 0.5) is 4.79 Å². The summed E-state index contributed by atoms with van der Waals surface area (Å²) < 4.78 is 17.2. The van der Waals surface area contributed by atoms with E-state index in [9.17, 15) is 14.4 Å². The molecule has 0 radical (unpaired) electrons. The molecule has 0 unspecified atom stereocenters. The minimum atomic E-state index is -0.341. The Morgan fingerprint density at radius 1 is 1.09 bits per heavy atom. The summed E-state index contributed by atoms with van der Waals surface area (Å²) >= 11 is 1.15. The van der Waals surface area contributed by atoms with Gasteiger partial charge in [0.05, 0.1) is 24.5 Å². The third-order valence-electron chi connectivity index (χ3n) is 7.42. The lowest BCUT2D eigenvalue weighted by Gasteiger charge is -2.13. The molecule has 11 heteroatoms. The van der Waals surface area contributed by atoms with E-state index in [1.54, 1.807) is 27.3 Å². The number of aromatic nitrogens is 3. The van der Waals surface area contributed by atoms with Gasteiger partial charge in [-0.15, -0.1) is 5.10 Å². The maximum atomic E-state index is 12.4. The van der Waals surface area contributed by atoms with E-state index < -0.39 is 0 Å². The molecule has 2 aromatic heterocycles. The summed E-state index contributed by atoms with van der Waals surface area (Å²) in [6.45, 7) is 16.6. The van der Waals surface area contributed by atoms with Crippen molar-refractivity contribution in [3.05, 3.63) is 77.0 Å². The van der Waals surface area contributed by atoms with Gasteiger partial charge in [-0.2, -0.15) is 4.68 Å². The first kappa shape index (κ1) is 36.6. The number of rotatable bonds is 10. The number of allylic oxidation sites excluding steroid dienone is 2. The van der Waals surface area contributed by atoms with Crippen molar-refractivity contribution in [1.29, 1.82) is 0 Å². The van der Waals surface area contributed by atoms with Crippen LogP contribution in [-0.4, -0.2) is 64.1 Å². The van der Waals surface area contributed by atoms with Gasteiger partial charge in [-0.1, -0.05) is 88.4 Å². The van der Waals surface area contributed by atoms with E-state index in [4.69, 9.17) is 13.9 Å². The van der Waals surface area contributed by atoms with Crippen molar-refractivity contribution in [2.45, 2.75) is 79.0 Å². The summed E-state index contributed by atoms with van der Waals surface area (Å²) in [4.78, 5) is 41.8. The first-order valence-electron chi connectivity index (χ1n) is 15.4. The number of ether oxygens (including phenoxy) is 2. The second-order valence-corrected chi connectivity index (χ2v) is 14.4. The number of carbonyl (C=O) groups is 3. The summed E-state index contributed by atoms with van der Waals surface area (Å²) in [5.41, 5.74) is 3.05. The predicted molar refractivity (Wildman–Crippen MR) is 179 cm³/mol. The average Bonchev–Trinajstić information content (AvgIpc) is 3.35. The Morgan fingerprint density at radius 2 is 1.76 bits per heavy atom. The molecule has 1 aliphatic carbocycles. The lowest BCUT2D eigenvalue weighted by molar-refractivity contribution is -0.147. The van der Waals surface area contributed by atoms with Crippen LogP contribution in [0.2, 0.25) is 0 Å². The van der Waals surface area contributed by atoms with E-state index in [1.807, 2.05) is 45.0 Å². The van der Waals surface area contributed by atoms with Crippen LogP contribution in [0.3, 0.4) is 0 Å². The van der Waals surface area contributed by atoms with Gasteiger partial charge in [0.2, 0.25) is 0 Å². The molecule has 2 atom stereocenters. The number of amides is 1. The lowest BCUT2D eigenvalue weighted by Crippen LogP contribution is -2.29. The molecule has 0 saturated heterocycles. The van der Waals surface area contributed by atoms with E-state index in [0.29, 0.717) is 17.6 Å². The molecule has 1 aliphatic rings. The van der Waals surface area contributed by atoms with Crippen molar-refractivity contribution in [3.63, 3.8) is 0 Å². The number of thioether (sulfide) groups is 1. The van der Waals surface area contributed by atoms with Gasteiger partial charge in [-0.3, -0.25) is 9.59 Å². The van der Waals surface area contributed by atoms with E-state index >= 15 is 0 Å². The van der Waals surface area contributed by atoms with Gasteiger partial charge in [0.25, 0.3) is 0 Å². The SMILES string of the molecule is CC(C)=C[C@@H]1[C@@H](C(=O)OCc2coc(Cc3ccccc3)c2)C1(C)C.CCOC(=O)CSc1nc(C(C)(C)C)nn1C(=O)N(C)C. The zero-order chi connectivity index (χ0) is 34.2. The number of hydrogen-bond donors (Lipinski definition) is 0. The summed E-state index contributed by atoms with van der Waals surface area (Å²) in [6.07, 6.45) is 4.60. The minimum absolute atomic E-state index is 0.0107. The lowest BCUT2D eigenvalue weighted by atomic mass is 9.96. The third-order valence-corrected chi connectivity index (χ3v) is 8.33. The van der Waals surface area contributed by atoms with Gasteiger partial charge in [-0.25, -0.2) is 9.78 Å². The molecule has 0 bridgehead atoms. The van der Waals surface area contributed by atoms with Gasteiger partial charge in [0.1, 0.15) is 12.4 Å². The Hall–Kier alpha value is -3.86. The molecule has 250 valence electrons. The summed E-state index contributed by atoms with van der Waals surface area (Å²) in [5.74, 6) is 1.32. The van der Waals surface area contributed by atoms with Gasteiger partial charge in [0, 0.05) is 31.5 Å². The molecule has 4 rings (SSSR count). The second-order valence-electron chi connectivity index (χ2n) is 13.4. The fourth-order valence-corrected chi connectivity index (χ4v) is 5.51. The topological polar surface area (TPSA) is 117 Å². The fraction of sp³-hybridized carbons (Fsp3) is 0.514. The predicted octanol–water partition coefficient (Wildman–Crippen LogP) is 6.91. The van der Waals surface area contributed by atoms with E-state index in [1.165, 1.54) is 20.7 Å². The Kier molecular flexibility index (Phi) is 12.4. The normalized spacial score (nSPS) is 16.5. The van der Waals surface area contributed by atoms with Gasteiger partial charge in [-0.05, 0) is 43.7 Å². The average molecular weight is 653 g/mol. The van der Waals surface area contributed by atoms with Crippen molar-refractivity contribution >= 4 is 29.7 Å². The summed E-state index contributed by atoms with van der Waals surface area (Å²) in [7, 11) is 3.28. The highest BCUT2D eigenvalue weighted by Gasteiger charge is 2.61. The molecule has 10 nitrogen and oxygen atoms in total. The Bertz CT molecular complexity index is 1510.